The number of morpholine rings is 1. The van der Waals surface area contributed by atoms with Crippen LogP contribution in [-0.4, -0.2) is 56.3 Å². The highest BCUT2D eigenvalue weighted by molar-refractivity contribution is 7.90. The second-order valence-electron chi connectivity index (χ2n) is 7.39. The van der Waals surface area contributed by atoms with E-state index in [9.17, 15) is 8.42 Å². The summed E-state index contributed by atoms with van der Waals surface area (Å²) in [6.45, 7) is 2.46. The summed E-state index contributed by atoms with van der Waals surface area (Å²) in [5.74, 6) is 0.525. The van der Waals surface area contributed by atoms with Crippen LogP contribution in [0.15, 0.2) is 41.6 Å². The van der Waals surface area contributed by atoms with E-state index in [1.165, 1.54) is 19.1 Å². The van der Waals surface area contributed by atoms with Crippen LogP contribution in [0, 0.1) is 5.92 Å². The maximum Gasteiger partial charge on any atom is 0.177 e. The molecule has 0 spiro atoms. The molecule has 8 heteroatoms. The predicted molar refractivity (Wildman–Crippen MR) is 104 cm³/mol. The summed E-state index contributed by atoms with van der Waals surface area (Å²) in [6, 6.07) is 7.69. The molecule has 0 bridgehead atoms. The number of rotatable bonds is 5. The number of para-hydroxylation sites is 1. The van der Waals surface area contributed by atoms with Crippen molar-refractivity contribution in [3.63, 3.8) is 0 Å². The second kappa shape index (κ2) is 7.61. The highest BCUT2D eigenvalue weighted by Gasteiger charge is 2.34. The van der Waals surface area contributed by atoms with Gasteiger partial charge in [0.2, 0.25) is 0 Å². The zero-order valence-corrected chi connectivity index (χ0v) is 16.3. The number of nitrogens with one attached hydrogen (secondary N) is 2. The summed E-state index contributed by atoms with van der Waals surface area (Å²) in [4.78, 5) is 0.280. The molecule has 1 aliphatic heterocycles. The van der Waals surface area contributed by atoms with Crippen LogP contribution in [-0.2, 0) is 14.6 Å². The summed E-state index contributed by atoms with van der Waals surface area (Å²) in [6.07, 6.45) is 8.35. The third-order valence-electron chi connectivity index (χ3n) is 5.48. The van der Waals surface area contributed by atoms with E-state index in [2.05, 4.69) is 15.7 Å². The zero-order valence-electron chi connectivity index (χ0n) is 15.5. The Labute approximate surface area is 160 Å². The Hall–Kier alpha value is -1.90. The van der Waals surface area contributed by atoms with Gasteiger partial charge in [0.05, 0.1) is 41.9 Å². The van der Waals surface area contributed by atoms with Gasteiger partial charge in [0.15, 0.2) is 9.84 Å². The average molecular weight is 391 g/mol. The summed E-state index contributed by atoms with van der Waals surface area (Å²) >= 11 is 0. The molecular weight excluding hydrogens is 364 g/mol. The molecule has 3 atom stereocenters. The molecule has 2 fully saturated rings. The molecule has 1 aromatic heterocycles. The van der Waals surface area contributed by atoms with Crippen LogP contribution in [0.25, 0.3) is 5.69 Å². The lowest BCUT2D eigenvalue weighted by molar-refractivity contribution is 0.0559. The van der Waals surface area contributed by atoms with E-state index in [0.717, 1.165) is 31.9 Å². The maximum absolute atomic E-state index is 12.1. The van der Waals surface area contributed by atoms with Crippen molar-refractivity contribution in [2.75, 3.05) is 31.3 Å². The van der Waals surface area contributed by atoms with Gasteiger partial charge in [-0.2, -0.15) is 5.10 Å². The third kappa shape index (κ3) is 4.02. The second-order valence-corrected chi connectivity index (χ2v) is 9.38. The van der Waals surface area contributed by atoms with Gasteiger partial charge in [0.1, 0.15) is 0 Å². The van der Waals surface area contributed by atoms with Crippen molar-refractivity contribution in [3.05, 3.63) is 36.7 Å². The molecule has 1 aromatic carbocycles. The normalized spacial score (nSPS) is 26.2. The van der Waals surface area contributed by atoms with E-state index < -0.39 is 9.84 Å². The molecule has 0 radical (unpaired) electrons. The largest absolute Gasteiger partial charge is 0.379 e. The van der Waals surface area contributed by atoms with Crippen molar-refractivity contribution < 1.29 is 13.2 Å². The quantitative estimate of drug-likeness (QED) is 0.810. The lowest BCUT2D eigenvalue weighted by atomic mass is 9.94. The Morgan fingerprint density at radius 2 is 2.15 bits per heavy atom. The predicted octanol–water partition coefficient (Wildman–Crippen LogP) is 1.84. The molecule has 7 nitrogen and oxygen atoms in total. The third-order valence-corrected chi connectivity index (χ3v) is 6.63. The van der Waals surface area contributed by atoms with E-state index in [1.807, 2.05) is 12.3 Å². The first kappa shape index (κ1) is 18.5. The smallest absolute Gasteiger partial charge is 0.177 e. The summed E-state index contributed by atoms with van der Waals surface area (Å²) in [5.41, 5.74) is 1.48. The fourth-order valence-electron chi connectivity index (χ4n) is 4.21. The molecule has 1 saturated carbocycles. The highest BCUT2D eigenvalue weighted by atomic mass is 32.2. The number of anilines is 1. The minimum Gasteiger partial charge on any atom is -0.379 e. The molecule has 2 N–H and O–H groups in total. The summed E-state index contributed by atoms with van der Waals surface area (Å²) in [7, 11) is -3.32. The van der Waals surface area contributed by atoms with Gasteiger partial charge in [0, 0.05) is 24.9 Å². The molecule has 1 aliphatic carbocycles. The molecule has 27 heavy (non-hydrogen) atoms. The first-order valence-electron chi connectivity index (χ1n) is 9.44. The van der Waals surface area contributed by atoms with Gasteiger partial charge in [-0.3, -0.25) is 0 Å². The van der Waals surface area contributed by atoms with Crippen LogP contribution < -0.4 is 10.6 Å². The molecule has 146 valence electrons. The summed E-state index contributed by atoms with van der Waals surface area (Å²) < 4.78 is 31.4. The van der Waals surface area contributed by atoms with E-state index in [-0.39, 0.29) is 4.90 Å². The van der Waals surface area contributed by atoms with Crippen LogP contribution in [0.4, 0.5) is 5.69 Å². The van der Waals surface area contributed by atoms with Gasteiger partial charge >= 0.3 is 0 Å². The summed E-state index contributed by atoms with van der Waals surface area (Å²) in [5, 5.41) is 11.6. The fourth-order valence-corrected chi connectivity index (χ4v) is 5.08. The van der Waals surface area contributed by atoms with Crippen molar-refractivity contribution in [1.82, 2.24) is 15.1 Å². The Kier molecular flexibility index (Phi) is 5.21. The Morgan fingerprint density at radius 3 is 2.93 bits per heavy atom. The van der Waals surface area contributed by atoms with Crippen LogP contribution in [0.5, 0.6) is 0 Å². The molecule has 4 rings (SSSR count). The van der Waals surface area contributed by atoms with Crippen molar-refractivity contribution in [1.29, 1.82) is 0 Å². The van der Waals surface area contributed by atoms with Crippen molar-refractivity contribution in [2.24, 2.45) is 5.92 Å². The number of nitrogens with zero attached hydrogens (tertiary/aromatic N) is 2. The number of hydrogen-bond acceptors (Lipinski definition) is 6. The van der Waals surface area contributed by atoms with Crippen LogP contribution in [0.2, 0.25) is 0 Å². The monoisotopic (exact) mass is 390 g/mol. The molecule has 3 unspecified atom stereocenters. The maximum atomic E-state index is 12.1. The lowest BCUT2D eigenvalue weighted by Crippen LogP contribution is -2.49. The van der Waals surface area contributed by atoms with E-state index >= 15 is 0 Å². The van der Waals surface area contributed by atoms with Crippen molar-refractivity contribution >= 4 is 15.5 Å². The van der Waals surface area contributed by atoms with Crippen molar-refractivity contribution in [2.45, 2.75) is 36.2 Å². The minimum atomic E-state index is -3.32. The van der Waals surface area contributed by atoms with Gasteiger partial charge < -0.3 is 15.4 Å². The molecular formula is C19H26N4O3S. The number of aromatic nitrogens is 2. The molecule has 2 heterocycles. The SMILES string of the molecule is CS(=O)(=O)c1ccccc1-n1cc(NC2CCCC2C2COCCN2)cn1. The molecule has 0 amide bonds. The van der Waals surface area contributed by atoms with E-state index in [1.54, 1.807) is 29.1 Å². The van der Waals surface area contributed by atoms with Gasteiger partial charge in [-0.25, -0.2) is 13.1 Å². The number of benzene rings is 1. The topological polar surface area (TPSA) is 85.2 Å². The fraction of sp³-hybridized carbons (Fsp3) is 0.526. The standard InChI is InChI=1S/C19H26N4O3S/c1-27(24,25)19-8-3-2-7-18(19)23-12-14(11-21-23)22-16-6-4-5-15(16)17-13-26-10-9-20-17/h2-3,7-8,11-12,15-17,20,22H,4-6,9-10,13H2,1H3. The van der Waals surface area contributed by atoms with Gasteiger partial charge in [-0.05, 0) is 30.9 Å². The Bertz CT molecular complexity index is 890. The Balaban J connectivity index is 1.52. The molecule has 1 saturated heterocycles. The first-order valence-corrected chi connectivity index (χ1v) is 11.3. The number of sulfone groups is 1. The average Bonchev–Trinajstić information content (AvgIpc) is 3.32. The van der Waals surface area contributed by atoms with Gasteiger partial charge in [0.25, 0.3) is 0 Å². The molecule has 2 aliphatic rings. The van der Waals surface area contributed by atoms with Crippen LogP contribution in [0.1, 0.15) is 19.3 Å². The number of hydrogen-bond donors (Lipinski definition) is 2. The van der Waals surface area contributed by atoms with Crippen LogP contribution in [0.3, 0.4) is 0 Å². The zero-order chi connectivity index (χ0) is 18.9. The van der Waals surface area contributed by atoms with Crippen molar-refractivity contribution in [3.8, 4) is 5.69 Å². The minimum absolute atomic E-state index is 0.280. The highest BCUT2D eigenvalue weighted by Crippen LogP contribution is 2.32. The number of ether oxygens (including phenoxy) is 1. The Morgan fingerprint density at radius 1 is 1.30 bits per heavy atom. The van der Waals surface area contributed by atoms with Gasteiger partial charge in [-0.15, -0.1) is 0 Å². The van der Waals surface area contributed by atoms with Gasteiger partial charge in [-0.1, -0.05) is 18.6 Å². The van der Waals surface area contributed by atoms with E-state index in [4.69, 9.17) is 4.74 Å². The van der Waals surface area contributed by atoms with E-state index in [0.29, 0.717) is 23.7 Å². The lowest BCUT2D eigenvalue weighted by Gasteiger charge is -2.33. The first-order chi connectivity index (χ1) is 13.0. The van der Waals surface area contributed by atoms with Crippen LogP contribution >= 0.6 is 0 Å². The molecule has 2 aromatic rings.